The summed E-state index contributed by atoms with van der Waals surface area (Å²) in [6.45, 7) is 2.66. The number of halogens is 1. The number of rotatable bonds is 6. The average molecular weight is 347 g/mol. The number of carbonyl (C=O) groups is 1. The van der Waals surface area contributed by atoms with E-state index in [0.717, 1.165) is 29.8 Å². The number of anilines is 1. The quantitative estimate of drug-likeness (QED) is 0.872. The Morgan fingerprint density at radius 2 is 2.00 bits per heavy atom. The maximum atomic E-state index is 12.9. The van der Waals surface area contributed by atoms with Gasteiger partial charge in [0, 0.05) is 38.0 Å². The molecule has 24 heavy (non-hydrogen) atoms. The van der Waals surface area contributed by atoms with Crippen LogP contribution in [-0.4, -0.2) is 37.6 Å². The molecule has 128 valence electrons. The predicted octanol–water partition coefficient (Wildman–Crippen LogP) is 3.37. The molecule has 0 aromatic heterocycles. The molecule has 0 radical (unpaired) electrons. The molecule has 0 fully saturated rings. The Morgan fingerprint density at radius 1 is 1.21 bits per heavy atom. The van der Waals surface area contributed by atoms with Crippen LogP contribution in [0.25, 0.3) is 0 Å². The molecule has 2 aromatic rings. The fourth-order valence-corrected chi connectivity index (χ4v) is 2.88. The number of carbonyl (C=O) groups excluding carboxylic acids is 1. The van der Waals surface area contributed by atoms with Gasteiger partial charge in [0.1, 0.15) is 0 Å². The fraction of sp³-hybridized carbons (Fsp3) is 0.316. The predicted molar refractivity (Wildman–Crippen MR) is 98.9 cm³/mol. The first kappa shape index (κ1) is 18.3. The molecule has 0 saturated carbocycles. The van der Waals surface area contributed by atoms with E-state index in [9.17, 15) is 4.79 Å². The van der Waals surface area contributed by atoms with Gasteiger partial charge in [0.15, 0.2) is 0 Å². The van der Waals surface area contributed by atoms with E-state index in [4.69, 9.17) is 4.74 Å². The third-order valence-corrected chi connectivity index (χ3v) is 4.13. The summed E-state index contributed by atoms with van der Waals surface area (Å²) in [4.78, 5) is 14.8. The fourth-order valence-electron chi connectivity index (χ4n) is 2.88. The van der Waals surface area contributed by atoms with Crippen molar-refractivity contribution >= 4 is 24.0 Å². The Bertz CT molecular complexity index is 676. The maximum Gasteiger partial charge on any atom is 0.254 e. The van der Waals surface area contributed by atoms with Gasteiger partial charge in [0.05, 0.1) is 6.61 Å². The van der Waals surface area contributed by atoms with Crippen molar-refractivity contribution in [1.29, 1.82) is 0 Å². The van der Waals surface area contributed by atoms with E-state index >= 15 is 0 Å². The summed E-state index contributed by atoms with van der Waals surface area (Å²) in [5.41, 5.74) is 4.24. The van der Waals surface area contributed by atoms with Gasteiger partial charge in [0.2, 0.25) is 0 Å². The Balaban J connectivity index is 0.00000208. The van der Waals surface area contributed by atoms with Crippen LogP contribution < -0.4 is 5.32 Å². The first-order valence-electron chi connectivity index (χ1n) is 7.97. The molecular formula is C19H23ClN2O2. The Labute approximate surface area is 149 Å². The third kappa shape index (κ3) is 4.28. The van der Waals surface area contributed by atoms with Crippen molar-refractivity contribution in [3.63, 3.8) is 0 Å². The van der Waals surface area contributed by atoms with Gasteiger partial charge in [-0.15, -0.1) is 12.4 Å². The van der Waals surface area contributed by atoms with Crippen LogP contribution >= 0.6 is 12.4 Å². The summed E-state index contributed by atoms with van der Waals surface area (Å²) in [7, 11) is 1.66. The van der Waals surface area contributed by atoms with Crippen molar-refractivity contribution < 1.29 is 9.53 Å². The van der Waals surface area contributed by atoms with E-state index in [-0.39, 0.29) is 18.3 Å². The maximum absolute atomic E-state index is 12.9. The normalized spacial score (nSPS) is 12.0. The highest BCUT2D eigenvalue weighted by Crippen LogP contribution is 2.24. The minimum atomic E-state index is 0. The molecule has 0 spiro atoms. The second kappa shape index (κ2) is 8.71. The Morgan fingerprint density at radius 3 is 2.75 bits per heavy atom. The second-order valence-electron chi connectivity index (χ2n) is 5.75. The van der Waals surface area contributed by atoms with Crippen molar-refractivity contribution in [2.24, 2.45) is 0 Å². The molecule has 0 bridgehead atoms. The largest absolute Gasteiger partial charge is 0.384 e. The zero-order valence-electron chi connectivity index (χ0n) is 13.8. The lowest BCUT2D eigenvalue weighted by Gasteiger charge is -2.23. The average Bonchev–Trinajstić information content (AvgIpc) is 3.06. The molecule has 0 aliphatic carbocycles. The van der Waals surface area contributed by atoms with Gasteiger partial charge in [-0.1, -0.05) is 30.3 Å². The van der Waals surface area contributed by atoms with Crippen LogP contribution in [0, 0.1) is 0 Å². The van der Waals surface area contributed by atoms with Crippen LogP contribution in [0.3, 0.4) is 0 Å². The van der Waals surface area contributed by atoms with Gasteiger partial charge < -0.3 is 15.0 Å². The lowest BCUT2D eigenvalue weighted by Crippen LogP contribution is -2.33. The molecule has 0 unspecified atom stereocenters. The highest BCUT2D eigenvalue weighted by Gasteiger charge is 2.18. The number of ether oxygens (including phenoxy) is 1. The van der Waals surface area contributed by atoms with Crippen molar-refractivity contribution in [2.45, 2.75) is 13.0 Å². The highest BCUT2D eigenvalue weighted by atomic mass is 35.5. The zero-order valence-corrected chi connectivity index (χ0v) is 14.6. The van der Waals surface area contributed by atoms with E-state index in [0.29, 0.717) is 19.7 Å². The molecule has 0 atom stereocenters. The van der Waals surface area contributed by atoms with E-state index < -0.39 is 0 Å². The summed E-state index contributed by atoms with van der Waals surface area (Å²) in [6, 6.07) is 16.0. The summed E-state index contributed by atoms with van der Waals surface area (Å²) in [6.07, 6.45) is 0.979. The van der Waals surface area contributed by atoms with Crippen molar-refractivity contribution in [3.8, 4) is 0 Å². The third-order valence-electron chi connectivity index (χ3n) is 4.13. The molecule has 4 nitrogen and oxygen atoms in total. The van der Waals surface area contributed by atoms with Gasteiger partial charge in [-0.05, 0) is 35.7 Å². The number of hydrogen-bond donors (Lipinski definition) is 1. The van der Waals surface area contributed by atoms with Crippen molar-refractivity contribution in [3.05, 3.63) is 65.2 Å². The SMILES string of the molecule is COCCN(Cc1ccccc1)C(=O)c1ccc2c(c1)CCN2.Cl. The molecule has 1 heterocycles. The molecular weight excluding hydrogens is 324 g/mol. The van der Waals surface area contributed by atoms with Crippen LogP contribution in [0.5, 0.6) is 0 Å². The minimum absolute atomic E-state index is 0. The summed E-state index contributed by atoms with van der Waals surface area (Å²) in [5, 5.41) is 3.32. The number of amides is 1. The number of fused-ring (bicyclic) bond motifs is 1. The van der Waals surface area contributed by atoms with Crippen LogP contribution in [0.4, 0.5) is 5.69 Å². The molecule has 1 amide bonds. The number of hydrogen-bond acceptors (Lipinski definition) is 3. The monoisotopic (exact) mass is 346 g/mol. The summed E-state index contributed by atoms with van der Waals surface area (Å²) in [5.74, 6) is 0.0561. The lowest BCUT2D eigenvalue weighted by molar-refractivity contribution is 0.0680. The Hall–Kier alpha value is -2.04. The molecule has 3 rings (SSSR count). The van der Waals surface area contributed by atoms with Gasteiger partial charge in [0.25, 0.3) is 5.91 Å². The molecule has 0 saturated heterocycles. The molecule has 1 aliphatic rings. The number of benzene rings is 2. The second-order valence-corrected chi connectivity index (χ2v) is 5.75. The van der Waals surface area contributed by atoms with Gasteiger partial charge in [-0.3, -0.25) is 4.79 Å². The zero-order chi connectivity index (χ0) is 16.1. The topological polar surface area (TPSA) is 41.6 Å². The number of nitrogens with zero attached hydrogens (tertiary/aromatic N) is 1. The summed E-state index contributed by atoms with van der Waals surface area (Å²) >= 11 is 0. The summed E-state index contributed by atoms with van der Waals surface area (Å²) < 4.78 is 5.17. The van der Waals surface area contributed by atoms with Crippen LogP contribution in [0.15, 0.2) is 48.5 Å². The smallest absolute Gasteiger partial charge is 0.254 e. The standard InChI is InChI=1S/C19H22N2O2.ClH/c1-23-12-11-21(14-15-5-3-2-4-6-15)19(22)17-7-8-18-16(13-17)9-10-20-18;/h2-8,13,20H,9-12,14H2,1H3;1H. The first-order valence-corrected chi connectivity index (χ1v) is 7.97. The molecule has 1 N–H and O–H groups in total. The van der Waals surface area contributed by atoms with Crippen LogP contribution in [-0.2, 0) is 17.7 Å². The Kier molecular flexibility index (Phi) is 6.64. The number of nitrogens with one attached hydrogen (secondary N) is 1. The molecule has 1 aliphatic heterocycles. The van der Waals surface area contributed by atoms with E-state index in [1.165, 1.54) is 5.56 Å². The van der Waals surface area contributed by atoms with E-state index in [1.54, 1.807) is 7.11 Å². The van der Waals surface area contributed by atoms with Crippen molar-refractivity contribution in [2.75, 3.05) is 32.1 Å². The van der Waals surface area contributed by atoms with Crippen LogP contribution in [0.1, 0.15) is 21.5 Å². The van der Waals surface area contributed by atoms with Crippen LogP contribution in [0.2, 0.25) is 0 Å². The van der Waals surface area contributed by atoms with Gasteiger partial charge in [-0.25, -0.2) is 0 Å². The molecule has 5 heteroatoms. The number of methoxy groups -OCH3 is 1. The van der Waals surface area contributed by atoms with Gasteiger partial charge >= 0.3 is 0 Å². The van der Waals surface area contributed by atoms with Crippen molar-refractivity contribution in [1.82, 2.24) is 4.90 Å². The minimum Gasteiger partial charge on any atom is -0.384 e. The lowest BCUT2D eigenvalue weighted by atomic mass is 10.1. The van der Waals surface area contributed by atoms with E-state index in [1.807, 2.05) is 53.4 Å². The van der Waals surface area contributed by atoms with E-state index in [2.05, 4.69) is 5.32 Å². The van der Waals surface area contributed by atoms with Gasteiger partial charge in [-0.2, -0.15) is 0 Å². The first-order chi connectivity index (χ1) is 11.3. The highest BCUT2D eigenvalue weighted by molar-refractivity contribution is 5.95. The molecule has 2 aromatic carbocycles.